The number of benzene rings is 9. The van der Waals surface area contributed by atoms with Crippen molar-refractivity contribution in [1.82, 2.24) is 0 Å². The number of nitrogens with zero attached hydrogens (tertiary/aromatic N) is 1. The second-order valence-electron chi connectivity index (χ2n) is 32.4. The Morgan fingerprint density at radius 3 is 1.38 bits per heavy atom. The minimum absolute atomic E-state index is 0.00847. The SMILES string of the molecule is CCCCCCCC1(CCCCCCC)c2ccccc2-c2c1c1c(c3c2oc2ccccc23)-c2ccc(N(c3ccc(C(C)(C)C)cc3)c3ccc4c(c3)C(C)(C)c3cc5c(cc3-4)C(C)(C)c3ccc4oc6ccccc6c4c3-5)cc2C1(CCCCCCC)CCCCCCC. The highest BCUT2D eigenvalue weighted by Crippen LogP contribution is 2.68. The maximum Gasteiger partial charge on any atom is 0.144 e. The number of anilines is 3. The van der Waals surface area contributed by atoms with Crippen LogP contribution in [0.4, 0.5) is 17.1 Å². The fourth-order valence-electron chi connectivity index (χ4n) is 19.5. The highest BCUT2D eigenvalue weighted by molar-refractivity contribution is 6.21. The summed E-state index contributed by atoms with van der Waals surface area (Å²) >= 11 is 0. The van der Waals surface area contributed by atoms with E-state index >= 15 is 0 Å². The molecule has 2 aromatic heterocycles. The summed E-state index contributed by atoms with van der Waals surface area (Å²) < 4.78 is 14.2. The molecule has 0 unspecified atom stereocenters. The third-order valence-electron chi connectivity index (χ3n) is 24.6. The average molecular weight is 1280 g/mol. The molecule has 2 heterocycles. The quantitative estimate of drug-likeness (QED) is 0.0481. The Morgan fingerprint density at radius 1 is 0.330 bits per heavy atom. The van der Waals surface area contributed by atoms with Crippen LogP contribution in [0.3, 0.4) is 0 Å². The summed E-state index contributed by atoms with van der Waals surface area (Å²) in [5.41, 5.74) is 31.3. The zero-order valence-corrected chi connectivity index (χ0v) is 60.7. The van der Waals surface area contributed by atoms with Gasteiger partial charge in [0.2, 0.25) is 0 Å². The number of hydrogen-bond acceptors (Lipinski definition) is 3. The Kier molecular flexibility index (Phi) is 17.4. The van der Waals surface area contributed by atoms with Crippen molar-refractivity contribution in [3.05, 3.63) is 208 Å². The highest BCUT2D eigenvalue weighted by Gasteiger charge is 2.54. The zero-order valence-electron chi connectivity index (χ0n) is 60.7. The predicted octanol–water partition coefficient (Wildman–Crippen LogP) is 28.8. The molecule has 4 aliphatic rings. The summed E-state index contributed by atoms with van der Waals surface area (Å²) in [4.78, 5) is 2.66. The lowest BCUT2D eigenvalue weighted by Gasteiger charge is -2.40. The van der Waals surface area contributed by atoms with Crippen LogP contribution in [0, 0.1) is 0 Å². The molecule has 0 radical (unpaired) electrons. The van der Waals surface area contributed by atoms with E-state index in [4.69, 9.17) is 8.83 Å². The van der Waals surface area contributed by atoms with Crippen LogP contribution >= 0.6 is 0 Å². The van der Waals surface area contributed by atoms with E-state index in [1.54, 1.807) is 22.3 Å². The van der Waals surface area contributed by atoms with E-state index in [1.807, 2.05) is 0 Å². The van der Waals surface area contributed by atoms with E-state index in [1.165, 1.54) is 252 Å². The number of para-hydroxylation sites is 2. The van der Waals surface area contributed by atoms with Gasteiger partial charge in [-0.15, -0.1) is 0 Å². The Balaban J connectivity index is 0.959. The number of hydrogen-bond donors (Lipinski definition) is 0. The Labute approximate surface area is 580 Å². The van der Waals surface area contributed by atoms with Crippen molar-refractivity contribution in [3.8, 4) is 44.5 Å². The molecule has 0 saturated carbocycles. The maximum absolute atomic E-state index is 7.57. The highest BCUT2D eigenvalue weighted by atomic mass is 16.3. The predicted molar refractivity (Wildman–Crippen MR) is 415 cm³/mol. The van der Waals surface area contributed by atoms with Crippen molar-refractivity contribution in [3.63, 3.8) is 0 Å². The molecule has 11 aromatic rings. The minimum Gasteiger partial charge on any atom is -0.456 e. The minimum atomic E-state index is -0.282. The largest absolute Gasteiger partial charge is 0.456 e. The molecule has 0 spiro atoms. The van der Waals surface area contributed by atoms with E-state index in [0.29, 0.717) is 0 Å². The van der Waals surface area contributed by atoms with Crippen LogP contribution in [0.1, 0.15) is 280 Å². The van der Waals surface area contributed by atoms with Crippen LogP contribution in [0.25, 0.3) is 88.4 Å². The van der Waals surface area contributed by atoms with Crippen molar-refractivity contribution < 1.29 is 8.83 Å². The van der Waals surface area contributed by atoms with Gasteiger partial charge in [-0.3, -0.25) is 0 Å². The molecule has 0 aliphatic heterocycles. The topological polar surface area (TPSA) is 29.5 Å². The molecule has 0 N–H and O–H groups in total. The Morgan fingerprint density at radius 2 is 0.784 bits per heavy atom. The van der Waals surface area contributed by atoms with Gasteiger partial charge in [0, 0.05) is 65.8 Å². The normalized spacial score (nSPS) is 15.5. The van der Waals surface area contributed by atoms with Crippen LogP contribution < -0.4 is 4.90 Å². The first kappa shape index (κ1) is 65.3. The van der Waals surface area contributed by atoms with Crippen molar-refractivity contribution in [2.75, 3.05) is 4.90 Å². The van der Waals surface area contributed by atoms with Crippen LogP contribution in [0.5, 0.6) is 0 Å². The van der Waals surface area contributed by atoms with E-state index in [-0.39, 0.29) is 27.1 Å². The second-order valence-corrected chi connectivity index (χ2v) is 32.4. The van der Waals surface area contributed by atoms with E-state index in [2.05, 4.69) is 239 Å². The van der Waals surface area contributed by atoms with Gasteiger partial charge in [-0.1, -0.05) is 296 Å². The molecule has 15 rings (SSSR count). The van der Waals surface area contributed by atoms with Crippen LogP contribution in [0.2, 0.25) is 0 Å². The standard InChI is InChI=1S/C94H107NO2/c1-12-16-20-24-34-54-93(55-35-25-21-17-13-2)73-41-31-28-38-67(73)86-88(93)87-84(85-70-40-30-33-43-80(70)97-89(85)86)68-51-49-65(59-78(68)94(87,56-36-26-22-18-14-3)57-37-27-23-19-15-4)95(63-46-44-62(45-47-63)90(5,6)7)64-48-50-66-71-60-77-72(61-76(71)92(10,11)75(66)58-64)82-74(91(77,8)9)52-53-81-83(82)69-39-29-32-42-79(69)96-81/h28-33,38-53,58-61H,12-27,34-37,54-57H2,1-11H3. The maximum atomic E-state index is 7.57. The summed E-state index contributed by atoms with van der Waals surface area (Å²) in [7, 11) is 0. The summed E-state index contributed by atoms with van der Waals surface area (Å²) in [6.45, 7) is 26.4. The smallest absolute Gasteiger partial charge is 0.144 e. The summed E-state index contributed by atoms with van der Waals surface area (Å²) in [5, 5.41) is 5.03. The first-order chi connectivity index (χ1) is 47.1. The van der Waals surface area contributed by atoms with E-state index in [0.717, 1.165) is 35.2 Å². The fourth-order valence-corrected chi connectivity index (χ4v) is 19.5. The van der Waals surface area contributed by atoms with E-state index in [9.17, 15) is 0 Å². The molecule has 3 heteroatoms. The van der Waals surface area contributed by atoms with Crippen molar-refractivity contribution in [1.29, 1.82) is 0 Å². The van der Waals surface area contributed by atoms with Gasteiger partial charge in [0.15, 0.2) is 0 Å². The van der Waals surface area contributed by atoms with Gasteiger partial charge >= 0.3 is 0 Å². The van der Waals surface area contributed by atoms with Crippen molar-refractivity contribution >= 4 is 60.9 Å². The molecule has 0 atom stereocenters. The third kappa shape index (κ3) is 10.7. The zero-order chi connectivity index (χ0) is 67.0. The molecule has 0 saturated heterocycles. The molecule has 500 valence electrons. The summed E-state index contributed by atoms with van der Waals surface area (Å²) in [6.07, 6.45) is 30.0. The van der Waals surface area contributed by atoms with Crippen LogP contribution in [-0.2, 0) is 27.1 Å². The van der Waals surface area contributed by atoms with Crippen LogP contribution in [-0.4, -0.2) is 0 Å². The summed E-state index contributed by atoms with van der Waals surface area (Å²) in [5.74, 6) is 0. The lowest BCUT2D eigenvalue weighted by Crippen LogP contribution is -2.33. The number of furan rings is 2. The number of unbranched alkanes of at least 4 members (excludes halogenated alkanes) is 16. The Bertz CT molecular complexity index is 4730. The van der Waals surface area contributed by atoms with Gasteiger partial charge < -0.3 is 13.7 Å². The van der Waals surface area contributed by atoms with Gasteiger partial charge in [-0.05, 0) is 187 Å². The summed E-state index contributed by atoms with van der Waals surface area (Å²) in [6, 6.07) is 62.4. The number of rotatable bonds is 27. The van der Waals surface area contributed by atoms with Gasteiger partial charge in [0.25, 0.3) is 0 Å². The molecule has 0 amide bonds. The molecule has 97 heavy (non-hydrogen) atoms. The lowest BCUT2D eigenvalue weighted by molar-refractivity contribution is 0.369. The lowest BCUT2D eigenvalue weighted by atomic mass is 9.62. The molecule has 0 bridgehead atoms. The first-order valence-electron chi connectivity index (χ1n) is 38.6. The average Bonchev–Trinajstić information content (AvgIpc) is 1.50. The Hall–Kier alpha value is -7.62. The first-order valence-corrected chi connectivity index (χ1v) is 38.6. The molecule has 0 fully saturated rings. The third-order valence-corrected chi connectivity index (χ3v) is 24.6. The van der Waals surface area contributed by atoms with Gasteiger partial charge in [-0.2, -0.15) is 0 Å². The van der Waals surface area contributed by atoms with Gasteiger partial charge in [0.05, 0.1) is 0 Å². The molecular weight excluding hydrogens is 1180 g/mol. The molecule has 9 aromatic carbocycles. The fraction of sp³-hybridized carbons (Fsp3) is 0.426. The van der Waals surface area contributed by atoms with E-state index < -0.39 is 0 Å². The van der Waals surface area contributed by atoms with Crippen LogP contribution in [0.15, 0.2) is 167 Å². The van der Waals surface area contributed by atoms with Crippen molar-refractivity contribution in [2.45, 2.75) is 257 Å². The molecule has 3 nitrogen and oxygen atoms in total. The monoisotopic (exact) mass is 1280 g/mol. The second kappa shape index (κ2) is 25.9. The van der Waals surface area contributed by atoms with Gasteiger partial charge in [-0.25, -0.2) is 0 Å². The van der Waals surface area contributed by atoms with Crippen molar-refractivity contribution in [2.24, 2.45) is 0 Å². The molecular formula is C94H107NO2. The number of fused-ring (bicyclic) bond motifs is 22. The molecule has 4 aliphatic carbocycles. The van der Waals surface area contributed by atoms with Gasteiger partial charge in [0.1, 0.15) is 22.3 Å².